The molecular formula is C11H13F3O2. The maximum absolute atomic E-state index is 12.1. The van der Waals surface area contributed by atoms with Crippen LogP contribution in [0.4, 0.5) is 13.2 Å². The Balaban J connectivity index is 2.79. The van der Waals surface area contributed by atoms with Crippen LogP contribution in [0, 0.1) is 6.92 Å². The van der Waals surface area contributed by atoms with Gasteiger partial charge in [-0.15, -0.1) is 0 Å². The molecule has 2 nitrogen and oxygen atoms in total. The Morgan fingerprint density at radius 1 is 1.38 bits per heavy atom. The third kappa shape index (κ3) is 3.13. The first-order chi connectivity index (χ1) is 7.34. The summed E-state index contributed by atoms with van der Waals surface area (Å²) in [6.45, 7) is 1.74. The number of hydrogen-bond acceptors (Lipinski definition) is 2. The van der Waals surface area contributed by atoms with Crippen LogP contribution < -0.4 is 4.74 Å². The fraction of sp³-hybridized carbons (Fsp3) is 0.455. The van der Waals surface area contributed by atoms with E-state index in [9.17, 15) is 13.2 Å². The van der Waals surface area contributed by atoms with Crippen LogP contribution in [-0.4, -0.2) is 24.5 Å². The Bertz CT molecular complexity index is 361. The Morgan fingerprint density at radius 2 is 2.00 bits per heavy atom. The normalized spacial score (nSPS) is 13.6. The number of benzene rings is 1. The van der Waals surface area contributed by atoms with Crippen molar-refractivity contribution < 1.29 is 23.0 Å². The van der Waals surface area contributed by atoms with Crippen molar-refractivity contribution >= 4 is 0 Å². The number of rotatable bonds is 3. The monoisotopic (exact) mass is 234 g/mol. The SMILES string of the molecule is COc1ccc(CC(O)C(F)(F)F)cc1C. The summed E-state index contributed by atoms with van der Waals surface area (Å²) in [6, 6.07) is 4.68. The summed E-state index contributed by atoms with van der Waals surface area (Å²) in [5.41, 5.74) is 1.18. The molecular weight excluding hydrogens is 221 g/mol. The fourth-order valence-corrected chi connectivity index (χ4v) is 1.41. The van der Waals surface area contributed by atoms with Crippen LogP contribution in [0.5, 0.6) is 5.75 Å². The van der Waals surface area contributed by atoms with Crippen molar-refractivity contribution in [3.8, 4) is 5.75 Å². The molecule has 1 unspecified atom stereocenters. The minimum atomic E-state index is -4.58. The largest absolute Gasteiger partial charge is 0.496 e. The predicted octanol–water partition coefficient (Wildman–Crippen LogP) is 2.47. The molecule has 1 N–H and O–H groups in total. The highest BCUT2D eigenvalue weighted by atomic mass is 19.4. The number of halogens is 3. The Kier molecular flexibility index (Phi) is 3.80. The molecule has 0 bridgehead atoms. The second-order valence-corrected chi connectivity index (χ2v) is 3.57. The summed E-state index contributed by atoms with van der Waals surface area (Å²) in [7, 11) is 1.49. The zero-order valence-electron chi connectivity index (χ0n) is 9.01. The Labute approximate surface area is 91.7 Å². The number of methoxy groups -OCH3 is 1. The quantitative estimate of drug-likeness (QED) is 0.870. The van der Waals surface area contributed by atoms with Gasteiger partial charge in [0.1, 0.15) is 5.75 Å². The molecule has 1 atom stereocenters. The first-order valence-corrected chi connectivity index (χ1v) is 4.73. The van der Waals surface area contributed by atoms with Crippen molar-refractivity contribution in [1.29, 1.82) is 0 Å². The summed E-state index contributed by atoms with van der Waals surface area (Å²) in [5.74, 6) is 0.616. The van der Waals surface area contributed by atoms with Crippen LogP contribution in [0.15, 0.2) is 18.2 Å². The summed E-state index contributed by atoms with van der Waals surface area (Å²) in [6.07, 6.45) is -7.33. The van der Waals surface area contributed by atoms with Gasteiger partial charge in [-0.1, -0.05) is 12.1 Å². The van der Waals surface area contributed by atoms with Crippen LogP contribution in [0.3, 0.4) is 0 Å². The van der Waals surface area contributed by atoms with Gasteiger partial charge in [-0.3, -0.25) is 0 Å². The molecule has 0 spiro atoms. The lowest BCUT2D eigenvalue weighted by Gasteiger charge is -2.15. The second-order valence-electron chi connectivity index (χ2n) is 3.57. The lowest BCUT2D eigenvalue weighted by molar-refractivity contribution is -0.203. The number of aliphatic hydroxyl groups excluding tert-OH is 1. The van der Waals surface area contributed by atoms with E-state index in [0.717, 1.165) is 5.56 Å². The van der Waals surface area contributed by atoms with Gasteiger partial charge < -0.3 is 9.84 Å². The minimum absolute atomic E-state index is 0.433. The van der Waals surface area contributed by atoms with E-state index in [1.807, 2.05) is 0 Å². The molecule has 0 radical (unpaired) electrons. The van der Waals surface area contributed by atoms with Crippen molar-refractivity contribution in [2.45, 2.75) is 25.6 Å². The molecule has 0 aliphatic heterocycles. The average molecular weight is 234 g/mol. The predicted molar refractivity (Wildman–Crippen MR) is 53.5 cm³/mol. The summed E-state index contributed by atoms with van der Waals surface area (Å²) in [4.78, 5) is 0. The van der Waals surface area contributed by atoms with E-state index in [4.69, 9.17) is 9.84 Å². The van der Waals surface area contributed by atoms with Crippen LogP contribution in [0.2, 0.25) is 0 Å². The van der Waals surface area contributed by atoms with Gasteiger partial charge in [0.2, 0.25) is 0 Å². The van der Waals surface area contributed by atoms with Crippen LogP contribution >= 0.6 is 0 Å². The third-order valence-corrected chi connectivity index (χ3v) is 2.27. The van der Waals surface area contributed by atoms with E-state index in [-0.39, 0.29) is 0 Å². The lowest BCUT2D eigenvalue weighted by atomic mass is 10.0. The number of ether oxygens (including phenoxy) is 1. The smallest absolute Gasteiger partial charge is 0.414 e. The maximum Gasteiger partial charge on any atom is 0.414 e. The average Bonchev–Trinajstić information content (AvgIpc) is 2.16. The molecule has 0 fully saturated rings. The molecule has 0 aliphatic rings. The molecule has 1 aromatic rings. The summed E-state index contributed by atoms with van der Waals surface area (Å²) >= 11 is 0. The van der Waals surface area contributed by atoms with Gasteiger partial charge in [0.15, 0.2) is 6.10 Å². The first-order valence-electron chi connectivity index (χ1n) is 4.73. The van der Waals surface area contributed by atoms with Crippen molar-refractivity contribution in [1.82, 2.24) is 0 Å². The molecule has 1 rings (SSSR count). The topological polar surface area (TPSA) is 29.5 Å². The van der Waals surface area contributed by atoms with E-state index < -0.39 is 18.7 Å². The second kappa shape index (κ2) is 4.74. The van der Waals surface area contributed by atoms with Crippen molar-refractivity contribution in [2.75, 3.05) is 7.11 Å². The molecule has 0 amide bonds. The molecule has 0 aliphatic carbocycles. The van der Waals surface area contributed by atoms with E-state index in [2.05, 4.69) is 0 Å². The van der Waals surface area contributed by atoms with Crippen molar-refractivity contribution in [3.05, 3.63) is 29.3 Å². The molecule has 0 saturated carbocycles. The van der Waals surface area contributed by atoms with E-state index in [1.54, 1.807) is 19.1 Å². The standard InChI is InChI=1S/C11H13F3O2/c1-7-5-8(3-4-9(7)16-2)6-10(15)11(12,13)14/h3-5,10,15H,6H2,1-2H3. The molecule has 90 valence electrons. The molecule has 5 heteroatoms. The van der Waals surface area contributed by atoms with E-state index >= 15 is 0 Å². The van der Waals surface area contributed by atoms with E-state index in [0.29, 0.717) is 11.3 Å². The summed E-state index contributed by atoms with van der Waals surface area (Å²) < 4.78 is 41.3. The van der Waals surface area contributed by atoms with Crippen LogP contribution in [0.25, 0.3) is 0 Å². The molecule has 1 aromatic carbocycles. The Morgan fingerprint density at radius 3 is 2.44 bits per heavy atom. The number of aliphatic hydroxyl groups is 1. The van der Waals surface area contributed by atoms with Gasteiger partial charge >= 0.3 is 6.18 Å². The highest BCUT2D eigenvalue weighted by Crippen LogP contribution is 2.25. The molecule has 0 aromatic heterocycles. The molecule has 0 heterocycles. The first kappa shape index (κ1) is 12.8. The van der Waals surface area contributed by atoms with Gasteiger partial charge in [-0.2, -0.15) is 13.2 Å². The zero-order chi connectivity index (χ0) is 12.3. The minimum Gasteiger partial charge on any atom is -0.496 e. The van der Waals surface area contributed by atoms with E-state index in [1.165, 1.54) is 13.2 Å². The van der Waals surface area contributed by atoms with Gasteiger partial charge in [-0.05, 0) is 24.1 Å². The third-order valence-electron chi connectivity index (χ3n) is 2.27. The number of aryl methyl sites for hydroxylation is 1. The maximum atomic E-state index is 12.1. The number of alkyl halides is 3. The van der Waals surface area contributed by atoms with Gasteiger partial charge in [0.05, 0.1) is 7.11 Å². The zero-order valence-corrected chi connectivity index (χ0v) is 9.01. The van der Waals surface area contributed by atoms with Crippen LogP contribution in [0.1, 0.15) is 11.1 Å². The van der Waals surface area contributed by atoms with Gasteiger partial charge in [0, 0.05) is 6.42 Å². The van der Waals surface area contributed by atoms with Gasteiger partial charge in [-0.25, -0.2) is 0 Å². The molecule has 0 saturated heterocycles. The fourth-order valence-electron chi connectivity index (χ4n) is 1.41. The Hall–Kier alpha value is -1.23. The lowest BCUT2D eigenvalue weighted by Crippen LogP contribution is -2.30. The highest BCUT2D eigenvalue weighted by Gasteiger charge is 2.37. The number of hydrogen-bond donors (Lipinski definition) is 1. The highest BCUT2D eigenvalue weighted by molar-refractivity contribution is 5.36. The molecule has 16 heavy (non-hydrogen) atoms. The van der Waals surface area contributed by atoms with Crippen molar-refractivity contribution in [2.24, 2.45) is 0 Å². The summed E-state index contributed by atoms with van der Waals surface area (Å²) in [5, 5.41) is 8.90. The van der Waals surface area contributed by atoms with Gasteiger partial charge in [0.25, 0.3) is 0 Å². The van der Waals surface area contributed by atoms with Crippen LogP contribution in [-0.2, 0) is 6.42 Å². The van der Waals surface area contributed by atoms with Crippen molar-refractivity contribution in [3.63, 3.8) is 0 Å².